The standard InChI is InChI=1S/C16H20FNO4/c1-11(7-12-3-2-4-13(17)9-12)8-15(19)18-5-6-22-10-14(18)16(20)21/h2-4,9,11,14H,5-8,10H2,1H3,(H,20,21). The summed E-state index contributed by atoms with van der Waals surface area (Å²) in [5.41, 5.74) is 0.831. The van der Waals surface area contributed by atoms with E-state index >= 15 is 0 Å². The molecule has 1 aliphatic rings. The van der Waals surface area contributed by atoms with Crippen LogP contribution >= 0.6 is 0 Å². The third kappa shape index (κ3) is 4.27. The van der Waals surface area contributed by atoms with Crippen molar-refractivity contribution in [3.63, 3.8) is 0 Å². The molecule has 1 N–H and O–H groups in total. The number of amides is 1. The number of hydrogen-bond acceptors (Lipinski definition) is 3. The molecule has 1 aromatic carbocycles. The first-order valence-corrected chi connectivity index (χ1v) is 7.32. The van der Waals surface area contributed by atoms with Gasteiger partial charge in [-0.1, -0.05) is 19.1 Å². The molecule has 2 rings (SSSR count). The Morgan fingerprint density at radius 2 is 2.27 bits per heavy atom. The van der Waals surface area contributed by atoms with Gasteiger partial charge >= 0.3 is 5.97 Å². The molecule has 6 heteroatoms. The molecule has 22 heavy (non-hydrogen) atoms. The second kappa shape index (κ2) is 7.35. The molecule has 0 bridgehead atoms. The summed E-state index contributed by atoms with van der Waals surface area (Å²) in [6.07, 6.45) is 0.811. The molecule has 120 valence electrons. The topological polar surface area (TPSA) is 66.8 Å². The summed E-state index contributed by atoms with van der Waals surface area (Å²) < 4.78 is 18.3. The average molecular weight is 309 g/mol. The maximum Gasteiger partial charge on any atom is 0.328 e. The molecule has 0 aromatic heterocycles. The van der Waals surface area contributed by atoms with Gasteiger partial charge in [0.1, 0.15) is 5.82 Å². The predicted molar refractivity (Wildman–Crippen MR) is 77.8 cm³/mol. The normalized spacial score (nSPS) is 19.7. The molecule has 0 saturated carbocycles. The summed E-state index contributed by atoms with van der Waals surface area (Å²) in [6, 6.07) is 5.38. The van der Waals surface area contributed by atoms with Crippen molar-refractivity contribution in [2.75, 3.05) is 19.8 Å². The first-order chi connectivity index (χ1) is 10.5. The zero-order valence-electron chi connectivity index (χ0n) is 12.5. The fourth-order valence-electron chi connectivity index (χ4n) is 2.66. The van der Waals surface area contributed by atoms with Crippen molar-refractivity contribution in [1.29, 1.82) is 0 Å². The van der Waals surface area contributed by atoms with E-state index in [0.717, 1.165) is 5.56 Å². The molecule has 1 aromatic rings. The van der Waals surface area contributed by atoms with Gasteiger partial charge in [-0.2, -0.15) is 0 Å². The van der Waals surface area contributed by atoms with Crippen LogP contribution in [0.25, 0.3) is 0 Å². The van der Waals surface area contributed by atoms with Crippen LogP contribution in [0.4, 0.5) is 4.39 Å². The molecule has 1 saturated heterocycles. The number of rotatable bonds is 5. The lowest BCUT2D eigenvalue weighted by molar-refractivity contribution is -0.158. The highest BCUT2D eigenvalue weighted by Crippen LogP contribution is 2.17. The van der Waals surface area contributed by atoms with Gasteiger partial charge in [0, 0.05) is 13.0 Å². The number of carbonyl (C=O) groups excluding carboxylic acids is 1. The third-order valence-corrected chi connectivity index (χ3v) is 3.73. The Hall–Kier alpha value is -1.95. The van der Waals surface area contributed by atoms with Crippen LogP contribution in [-0.2, 0) is 20.7 Å². The third-order valence-electron chi connectivity index (χ3n) is 3.73. The fraction of sp³-hybridized carbons (Fsp3) is 0.500. The van der Waals surface area contributed by atoms with E-state index < -0.39 is 12.0 Å². The second-order valence-electron chi connectivity index (χ2n) is 5.66. The van der Waals surface area contributed by atoms with Gasteiger partial charge < -0.3 is 14.7 Å². The lowest BCUT2D eigenvalue weighted by Gasteiger charge is -2.33. The van der Waals surface area contributed by atoms with Crippen molar-refractivity contribution in [1.82, 2.24) is 4.90 Å². The van der Waals surface area contributed by atoms with Crippen molar-refractivity contribution >= 4 is 11.9 Å². The first kappa shape index (κ1) is 16.4. The Balaban J connectivity index is 1.93. The lowest BCUT2D eigenvalue weighted by atomic mass is 9.97. The van der Waals surface area contributed by atoms with E-state index in [2.05, 4.69) is 0 Å². The van der Waals surface area contributed by atoms with Gasteiger partial charge in [-0.05, 0) is 30.0 Å². The molecule has 1 aliphatic heterocycles. The van der Waals surface area contributed by atoms with Crippen LogP contribution in [0.1, 0.15) is 18.9 Å². The molecule has 1 amide bonds. The van der Waals surface area contributed by atoms with Gasteiger partial charge in [0.25, 0.3) is 0 Å². The highest BCUT2D eigenvalue weighted by molar-refractivity contribution is 5.84. The summed E-state index contributed by atoms with van der Waals surface area (Å²) >= 11 is 0. The number of carbonyl (C=O) groups is 2. The number of nitrogens with zero attached hydrogens (tertiary/aromatic N) is 1. The zero-order valence-corrected chi connectivity index (χ0v) is 12.5. The van der Waals surface area contributed by atoms with Crippen LogP contribution in [0.3, 0.4) is 0 Å². The molecule has 0 aliphatic carbocycles. The van der Waals surface area contributed by atoms with Crippen LogP contribution in [0, 0.1) is 11.7 Å². The van der Waals surface area contributed by atoms with E-state index in [1.54, 1.807) is 6.07 Å². The largest absolute Gasteiger partial charge is 0.480 e. The van der Waals surface area contributed by atoms with Crippen LogP contribution in [0.15, 0.2) is 24.3 Å². The zero-order chi connectivity index (χ0) is 16.1. The monoisotopic (exact) mass is 309 g/mol. The first-order valence-electron chi connectivity index (χ1n) is 7.32. The highest BCUT2D eigenvalue weighted by Gasteiger charge is 2.32. The molecule has 1 heterocycles. The van der Waals surface area contributed by atoms with Crippen molar-refractivity contribution < 1.29 is 23.8 Å². The SMILES string of the molecule is CC(CC(=O)N1CCOCC1C(=O)O)Cc1cccc(F)c1. The Bertz CT molecular complexity index is 549. The van der Waals surface area contributed by atoms with Crippen LogP contribution in [-0.4, -0.2) is 47.7 Å². The Labute approximate surface area is 128 Å². The second-order valence-corrected chi connectivity index (χ2v) is 5.66. The minimum atomic E-state index is -1.05. The molecular formula is C16H20FNO4. The van der Waals surface area contributed by atoms with E-state index in [-0.39, 0.29) is 30.7 Å². The van der Waals surface area contributed by atoms with Crippen LogP contribution in [0.2, 0.25) is 0 Å². The van der Waals surface area contributed by atoms with Crippen LogP contribution < -0.4 is 0 Å². The molecule has 2 atom stereocenters. The minimum absolute atomic E-state index is 0.00610. The summed E-state index contributed by atoms with van der Waals surface area (Å²) in [7, 11) is 0. The quantitative estimate of drug-likeness (QED) is 0.899. The molecule has 0 spiro atoms. The number of hydrogen-bond donors (Lipinski definition) is 1. The number of carboxylic acid groups (broad SMARTS) is 1. The van der Waals surface area contributed by atoms with E-state index in [9.17, 15) is 14.0 Å². The lowest BCUT2D eigenvalue weighted by Crippen LogP contribution is -2.52. The van der Waals surface area contributed by atoms with E-state index in [4.69, 9.17) is 9.84 Å². The van der Waals surface area contributed by atoms with Crippen LogP contribution in [0.5, 0.6) is 0 Å². The van der Waals surface area contributed by atoms with E-state index in [0.29, 0.717) is 19.6 Å². The van der Waals surface area contributed by atoms with Crippen molar-refractivity contribution in [3.8, 4) is 0 Å². The number of benzene rings is 1. The Morgan fingerprint density at radius 3 is 2.95 bits per heavy atom. The summed E-state index contributed by atoms with van der Waals surface area (Å²) in [5, 5.41) is 9.14. The Morgan fingerprint density at radius 1 is 1.50 bits per heavy atom. The number of aliphatic carboxylic acids is 1. The average Bonchev–Trinajstić information content (AvgIpc) is 2.47. The molecule has 5 nitrogen and oxygen atoms in total. The maximum atomic E-state index is 13.2. The van der Waals surface area contributed by atoms with Gasteiger partial charge in [0.05, 0.1) is 13.2 Å². The molecule has 0 radical (unpaired) electrons. The van der Waals surface area contributed by atoms with Gasteiger partial charge in [-0.3, -0.25) is 4.79 Å². The molecule has 1 fully saturated rings. The molecule has 2 unspecified atom stereocenters. The molecular weight excluding hydrogens is 289 g/mol. The fourth-order valence-corrected chi connectivity index (χ4v) is 2.66. The van der Waals surface area contributed by atoms with Gasteiger partial charge in [0.2, 0.25) is 5.91 Å². The highest BCUT2D eigenvalue weighted by atomic mass is 19.1. The van der Waals surface area contributed by atoms with Gasteiger partial charge in [0.15, 0.2) is 6.04 Å². The number of ether oxygens (including phenoxy) is 1. The predicted octanol–water partition coefficient (Wildman–Crippen LogP) is 1.71. The number of halogens is 1. The summed E-state index contributed by atoms with van der Waals surface area (Å²) in [4.78, 5) is 24.9. The van der Waals surface area contributed by atoms with Gasteiger partial charge in [-0.15, -0.1) is 0 Å². The van der Waals surface area contributed by atoms with Gasteiger partial charge in [-0.25, -0.2) is 9.18 Å². The maximum absolute atomic E-state index is 13.2. The number of morpholine rings is 1. The summed E-state index contributed by atoms with van der Waals surface area (Å²) in [5.74, 6) is -1.54. The van der Waals surface area contributed by atoms with Crippen molar-refractivity contribution in [2.24, 2.45) is 5.92 Å². The summed E-state index contributed by atoms with van der Waals surface area (Å²) in [6.45, 7) is 2.58. The van der Waals surface area contributed by atoms with Crippen molar-refractivity contribution in [3.05, 3.63) is 35.6 Å². The smallest absolute Gasteiger partial charge is 0.328 e. The minimum Gasteiger partial charge on any atom is -0.480 e. The van der Waals surface area contributed by atoms with E-state index in [1.807, 2.05) is 13.0 Å². The van der Waals surface area contributed by atoms with Crippen molar-refractivity contribution in [2.45, 2.75) is 25.8 Å². The van der Waals surface area contributed by atoms with E-state index in [1.165, 1.54) is 17.0 Å². The number of carboxylic acids is 1. The Kier molecular flexibility index (Phi) is 5.49.